The molecule has 23 heavy (non-hydrogen) atoms. The Morgan fingerprint density at radius 1 is 1.22 bits per heavy atom. The van der Waals surface area contributed by atoms with Crippen molar-refractivity contribution >= 4 is 5.91 Å². The minimum Gasteiger partial charge on any atom is -0.336 e. The average Bonchev–Trinajstić information content (AvgIpc) is 3.11. The van der Waals surface area contributed by atoms with Gasteiger partial charge in [0.15, 0.2) is 0 Å². The first-order valence-electron chi connectivity index (χ1n) is 8.18. The summed E-state index contributed by atoms with van der Waals surface area (Å²) in [5.41, 5.74) is 1.89. The van der Waals surface area contributed by atoms with Crippen LogP contribution in [0.4, 0.5) is 0 Å². The van der Waals surface area contributed by atoms with E-state index in [9.17, 15) is 4.79 Å². The lowest BCUT2D eigenvalue weighted by Gasteiger charge is -2.21. The highest BCUT2D eigenvalue weighted by Gasteiger charge is 2.22. The maximum absolute atomic E-state index is 12.6. The van der Waals surface area contributed by atoms with E-state index in [4.69, 9.17) is 0 Å². The number of aryl methyl sites for hydroxylation is 2. The van der Waals surface area contributed by atoms with Gasteiger partial charge in [0.2, 0.25) is 0 Å². The Morgan fingerprint density at radius 2 is 2.09 bits per heavy atom. The molecule has 1 aliphatic rings. The van der Waals surface area contributed by atoms with Crippen molar-refractivity contribution < 1.29 is 4.79 Å². The van der Waals surface area contributed by atoms with Crippen molar-refractivity contribution in [2.45, 2.75) is 26.4 Å². The molecule has 1 amide bonds. The molecule has 0 saturated carbocycles. The lowest BCUT2D eigenvalue weighted by molar-refractivity contribution is 0.0750. The molecule has 0 spiro atoms. The van der Waals surface area contributed by atoms with Gasteiger partial charge in [0.25, 0.3) is 5.91 Å². The molecule has 3 rings (SSSR count). The summed E-state index contributed by atoms with van der Waals surface area (Å²) in [5.74, 6) is 0.0747. The van der Waals surface area contributed by atoms with E-state index in [1.54, 1.807) is 16.9 Å². The van der Waals surface area contributed by atoms with Gasteiger partial charge in [-0.05, 0) is 19.4 Å². The average molecular weight is 316 g/mol. The first kappa shape index (κ1) is 15.7. The molecule has 1 saturated heterocycles. The zero-order chi connectivity index (χ0) is 16.2. The highest BCUT2D eigenvalue weighted by atomic mass is 16.2. The van der Waals surface area contributed by atoms with Gasteiger partial charge in [-0.25, -0.2) is 0 Å². The lowest BCUT2D eigenvalue weighted by Crippen LogP contribution is -2.36. The Labute approximate surface area is 136 Å². The fourth-order valence-electron chi connectivity index (χ4n) is 3.00. The van der Waals surface area contributed by atoms with Crippen molar-refractivity contribution in [3.8, 4) is 0 Å². The molecule has 0 bridgehead atoms. The second-order valence-corrected chi connectivity index (χ2v) is 5.97. The minimum atomic E-state index is 0.0747. The van der Waals surface area contributed by atoms with Crippen LogP contribution in [0.1, 0.15) is 29.4 Å². The van der Waals surface area contributed by atoms with Crippen LogP contribution in [0.3, 0.4) is 0 Å². The van der Waals surface area contributed by atoms with Gasteiger partial charge in [-0.2, -0.15) is 10.2 Å². The van der Waals surface area contributed by atoms with Gasteiger partial charge in [0.1, 0.15) is 5.69 Å². The van der Waals surface area contributed by atoms with Crippen LogP contribution in [-0.2, 0) is 20.1 Å². The van der Waals surface area contributed by atoms with Crippen LogP contribution in [-0.4, -0.2) is 61.4 Å². The maximum atomic E-state index is 12.6. The zero-order valence-corrected chi connectivity index (χ0v) is 13.9. The number of hydrogen-bond acceptors (Lipinski definition) is 4. The molecule has 7 nitrogen and oxygen atoms in total. The Hall–Kier alpha value is -2.15. The quantitative estimate of drug-likeness (QED) is 0.844. The normalized spacial score (nSPS) is 16.5. The van der Waals surface area contributed by atoms with E-state index in [0.717, 1.165) is 45.7 Å². The largest absolute Gasteiger partial charge is 0.336 e. The SMILES string of the molecule is CCn1cc(CN2CCCN(C(=O)c3ccnn3C)CC2)cn1. The van der Waals surface area contributed by atoms with Crippen molar-refractivity contribution in [3.05, 3.63) is 35.9 Å². The minimum absolute atomic E-state index is 0.0747. The standard InChI is InChI=1S/C16H24N6O/c1-3-22-13-14(11-18-22)12-20-7-4-8-21(10-9-20)16(23)15-5-6-17-19(15)2/h5-6,11,13H,3-4,7-10,12H2,1-2H3. The molecule has 2 aromatic heterocycles. The molecule has 3 heterocycles. The van der Waals surface area contributed by atoms with Crippen LogP contribution in [0.25, 0.3) is 0 Å². The van der Waals surface area contributed by atoms with Crippen molar-refractivity contribution in [2.75, 3.05) is 26.2 Å². The molecule has 0 unspecified atom stereocenters. The van der Waals surface area contributed by atoms with E-state index in [-0.39, 0.29) is 5.91 Å². The van der Waals surface area contributed by atoms with E-state index in [2.05, 4.69) is 28.2 Å². The van der Waals surface area contributed by atoms with Gasteiger partial charge in [-0.1, -0.05) is 0 Å². The summed E-state index contributed by atoms with van der Waals surface area (Å²) in [4.78, 5) is 16.9. The fraction of sp³-hybridized carbons (Fsp3) is 0.562. The number of carbonyl (C=O) groups is 1. The monoisotopic (exact) mass is 316 g/mol. The third-order valence-electron chi connectivity index (χ3n) is 4.33. The summed E-state index contributed by atoms with van der Waals surface area (Å²) in [6.07, 6.45) is 6.70. The van der Waals surface area contributed by atoms with Gasteiger partial charge >= 0.3 is 0 Å². The molecule has 0 N–H and O–H groups in total. The molecule has 0 radical (unpaired) electrons. The number of nitrogens with zero attached hydrogens (tertiary/aromatic N) is 6. The first-order valence-corrected chi connectivity index (χ1v) is 8.18. The summed E-state index contributed by atoms with van der Waals surface area (Å²) in [7, 11) is 1.81. The Balaban J connectivity index is 1.58. The van der Waals surface area contributed by atoms with Crippen molar-refractivity contribution in [1.29, 1.82) is 0 Å². The summed E-state index contributed by atoms with van der Waals surface area (Å²) in [6.45, 7) is 7.33. The Bertz CT molecular complexity index is 661. The topological polar surface area (TPSA) is 59.2 Å². The predicted molar refractivity (Wildman–Crippen MR) is 86.9 cm³/mol. The number of hydrogen-bond donors (Lipinski definition) is 0. The van der Waals surface area contributed by atoms with Crippen molar-refractivity contribution in [3.63, 3.8) is 0 Å². The van der Waals surface area contributed by atoms with Crippen LogP contribution in [0.2, 0.25) is 0 Å². The number of aromatic nitrogens is 4. The molecular weight excluding hydrogens is 292 g/mol. The molecule has 1 fully saturated rings. The number of rotatable bonds is 4. The van der Waals surface area contributed by atoms with Crippen molar-refractivity contribution in [1.82, 2.24) is 29.4 Å². The lowest BCUT2D eigenvalue weighted by atomic mass is 10.3. The molecule has 0 atom stereocenters. The molecule has 0 aromatic carbocycles. The van der Waals surface area contributed by atoms with E-state index < -0.39 is 0 Å². The predicted octanol–water partition coefficient (Wildman–Crippen LogP) is 0.985. The molecule has 7 heteroatoms. The van der Waals surface area contributed by atoms with Crippen LogP contribution in [0.15, 0.2) is 24.7 Å². The zero-order valence-electron chi connectivity index (χ0n) is 13.9. The maximum Gasteiger partial charge on any atom is 0.272 e. The summed E-state index contributed by atoms with van der Waals surface area (Å²) >= 11 is 0. The third kappa shape index (κ3) is 3.61. The molecular formula is C16H24N6O. The smallest absolute Gasteiger partial charge is 0.272 e. The third-order valence-corrected chi connectivity index (χ3v) is 4.33. The van der Waals surface area contributed by atoms with Gasteiger partial charge in [0.05, 0.1) is 6.20 Å². The van der Waals surface area contributed by atoms with E-state index in [0.29, 0.717) is 5.69 Å². The van der Waals surface area contributed by atoms with Crippen LogP contribution in [0.5, 0.6) is 0 Å². The first-order chi connectivity index (χ1) is 11.2. The van der Waals surface area contributed by atoms with Gasteiger partial charge in [0, 0.05) is 64.3 Å². The Kier molecular flexibility index (Phi) is 4.76. The highest BCUT2D eigenvalue weighted by Crippen LogP contribution is 2.11. The van der Waals surface area contributed by atoms with Crippen molar-refractivity contribution in [2.24, 2.45) is 7.05 Å². The summed E-state index contributed by atoms with van der Waals surface area (Å²) < 4.78 is 3.59. The molecule has 0 aliphatic carbocycles. The number of carbonyl (C=O) groups excluding carboxylic acids is 1. The van der Waals surface area contributed by atoms with Gasteiger partial charge < -0.3 is 4.90 Å². The Morgan fingerprint density at radius 3 is 2.78 bits per heavy atom. The molecule has 1 aliphatic heterocycles. The second-order valence-electron chi connectivity index (χ2n) is 5.97. The van der Waals surface area contributed by atoms with E-state index in [1.807, 2.05) is 22.8 Å². The van der Waals surface area contributed by atoms with Gasteiger partial charge in [-0.3, -0.25) is 19.1 Å². The summed E-state index contributed by atoms with van der Waals surface area (Å²) in [5, 5.41) is 8.41. The van der Waals surface area contributed by atoms with Crippen LogP contribution in [0, 0.1) is 0 Å². The van der Waals surface area contributed by atoms with E-state index >= 15 is 0 Å². The van der Waals surface area contributed by atoms with Crippen LogP contribution >= 0.6 is 0 Å². The van der Waals surface area contributed by atoms with Crippen LogP contribution < -0.4 is 0 Å². The molecule has 2 aromatic rings. The van der Waals surface area contributed by atoms with Gasteiger partial charge in [-0.15, -0.1) is 0 Å². The fourth-order valence-corrected chi connectivity index (χ4v) is 3.00. The second kappa shape index (κ2) is 6.95. The highest BCUT2D eigenvalue weighted by molar-refractivity contribution is 5.92. The summed E-state index contributed by atoms with van der Waals surface area (Å²) in [6, 6.07) is 1.78. The van der Waals surface area contributed by atoms with E-state index in [1.165, 1.54) is 5.56 Å². The number of amides is 1. The molecule has 124 valence electrons.